The minimum Gasteiger partial charge on any atom is -0.479 e. The van der Waals surface area contributed by atoms with Gasteiger partial charge < -0.3 is 15.8 Å². The first kappa shape index (κ1) is 11.4. The Bertz CT molecular complexity index is 475. The second-order valence-corrected chi connectivity index (χ2v) is 4.08. The van der Waals surface area contributed by atoms with E-state index in [1.54, 1.807) is 24.3 Å². The fourth-order valence-corrected chi connectivity index (χ4v) is 1.40. The van der Waals surface area contributed by atoms with Gasteiger partial charge in [0.05, 0.1) is 5.54 Å². The normalized spacial score (nSPS) is 15.8. The number of amides is 1. The Morgan fingerprint density at radius 1 is 1.59 bits per heavy atom. The van der Waals surface area contributed by atoms with Crippen LogP contribution in [0.5, 0.6) is 5.75 Å². The number of ether oxygens (including phenoxy) is 1. The van der Waals surface area contributed by atoms with Crippen molar-refractivity contribution in [2.24, 2.45) is 5.73 Å². The minimum absolute atomic E-state index is 0.0156. The van der Waals surface area contributed by atoms with Crippen molar-refractivity contribution < 1.29 is 9.53 Å². The number of hydrogen-bond donors (Lipinski definition) is 2. The maximum Gasteiger partial charge on any atom is 0.244 e. The van der Waals surface area contributed by atoms with Crippen LogP contribution in [0.2, 0.25) is 0 Å². The van der Waals surface area contributed by atoms with Crippen LogP contribution in [0.1, 0.15) is 12.8 Å². The van der Waals surface area contributed by atoms with E-state index < -0.39 is 5.54 Å². The van der Waals surface area contributed by atoms with Crippen LogP contribution >= 0.6 is 0 Å². The highest BCUT2D eigenvalue weighted by molar-refractivity contribution is 6.00. The molecule has 0 heterocycles. The molecule has 17 heavy (non-hydrogen) atoms. The SMILES string of the molecule is N#CCOc1cccc(NC(=O)C2(N)CC2)c1. The number of hydrogen-bond acceptors (Lipinski definition) is 4. The lowest BCUT2D eigenvalue weighted by molar-refractivity contribution is -0.118. The van der Waals surface area contributed by atoms with Gasteiger partial charge in [0.2, 0.25) is 5.91 Å². The number of nitriles is 1. The topological polar surface area (TPSA) is 88.1 Å². The fourth-order valence-electron chi connectivity index (χ4n) is 1.40. The van der Waals surface area contributed by atoms with Gasteiger partial charge >= 0.3 is 0 Å². The number of carbonyl (C=O) groups excluding carboxylic acids is 1. The van der Waals surface area contributed by atoms with Crippen LogP contribution in [-0.2, 0) is 4.79 Å². The van der Waals surface area contributed by atoms with Crippen LogP contribution in [0.3, 0.4) is 0 Å². The predicted molar refractivity (Wildman–Crippen MR) is 62.3 cm³/mol. The van der Waals surface area contributed by atoms with Crippen molar-refractivity contribution in [1.29, 1.82) is 5.26 Å². The lowest BCUT2D eigenvalue weighted by Gasteiger charge is -2.10. The maximum atomic E-state index is 11.7. The van der Waals surface area contributed by atoms with Gasteiger partial charge in [0.15, 0.2) is 6.61 Å². The van der Waals surface area contributed by atoms with Crippen LogP contribution in [0.4, 0.5) is 5.69 Å². The predicted octanol–water partition coefficient (Wildman–Crippen LogP) is 1.02. The average molecular weight is 231 g/mol. The first-order valence-corrected chi connectivity index (χ1v) is 5.34. The summed E-state index contributed by atoms with van der Waals surface area (Å²) >= 11 is 0. The fraction of sp³-hybridized carbons (Fsp3) is 0.333. The second-order valence-electron chi connectivity index (χ2n) is 4.08. The van der Waals surface area contributed by atoms with Crippen LogP contribution < -0.4 is 15.8 Å². The summed E-state index contributed by atoms with van der Waals surface area (Å²) < 4.78 is 5.13. The van der Waals surface area contributed by atoms with Crippen LogP contribution in [0.15, 0.2) is 24.3 Å². The molecule has 1 amide bonds. The third-order valence-corrected chi connectivity index (χ3v) is 2.64. The molecule has 5 nitrogen and oxygen atoms in total. The molecule has 0 spiro atoms. The quantitative estimate of drug-likeness (QED) is 0.809. The standard InChI is InChI=1S/C12H13N3O2/c13-6-7-17-10-3-1-2-9(8-10)15-11(16)12(14)4-5-12/h1-3,8H,4-5,7,14H2,(H,15,16). The van der Waals surface area contributed by atoms with Gasteiger partial charge in [0, 0.05) is 11.8 Å². The molecule has 1 aromatic rings. The summed E-state index contributed by atoms with van der Waals surface area (Å²) in [6, 6.07) is 8.77. The summed E-state index contributed by atoms with van der Waals surface area (Å²) in [5.41, 5.74) is 5.71. The first-order chi connectivity index (χ1) is 8.14. The van der Waals surface area contributed by atoms with E-state index in [1.165, 1.54) is 0 Å². The molecule has 1 aliphatic rings. The van der Waals surface area contributed by atoms with E-state index in [1.807, 2.05) is 6.07 Å². The van der Waals surface area contributed by atoms with Crippen molar-refractivity contribution in [1.82, 2.24) is 0 Å². The van der Waals surface area contributed by atoms with Crippen LogP contribution in [0.25, 0.3) is 0 Å². The van der Waals surface area contributed by atoms with Gasteiger partial charge in [-0.25, -0.2) is 0 Å². The first-order valence-electron chi connectivity index (χ1n) is 5.34. The molecule has 1 aromatic carbocycles. The minimum atomic E-state index is -0.691. The highest BCUT2D eigenvalue weighted by Gasteiger charge is 2.45. The summed E-state index contributed by atoms with van der Waals surface area (Å²) in [7, 11) is 0. The molecule has 0 aliphatic heterocycles. The molecule has 5 heteroatoms. The molecular formula is C12H13N3O2. The molecule has 1 saturated carbocycles. The summed E-state index contributed by atoms with van der Waals surface area (Å²) in [6.45, 7) is -0.0156. The molecule has 1 fully saturated rings. The smallest absolute Gasteiger partial charge is 0.244 e. The van der Waals surface area contributed by atoms with Crippen LogP contribution in [-0.4, -0.2) is 18.1 Å². The summed E-state index contributed by atoms with van der Waals surface area (Å²) in [5, 5.41) is 11.1. The maximum absolute atomic E-state index is 11.7. The highest BCUT2D eigenvalue weighted by atomic mass is 16.5. The summed E-state index contributed by atoms with van der Waals surface area (Å²) in [4.78, 5) is 11.7. The summed E-state index contributed by atoms with van der Waals surface area (Å²) in [5.74, 6) is 0.376. The third kappa shape index (κ3) is 2.74. The van der Waals surface area contributed by atoms with E-state index in [2.05, 4.69) is 5.32 Å². The molecule has 2 rings (SSSR count). The number of nitrogens with two attached hydrogens (primary N) is 1. The van der Waals surface area contributed by atoms with Gasteiger partial charge in [-0.15, -0.1) is 0 Å². The number of rotatable bonds is 4. The molecule has 3 N–H and O–H groups in total. The zero-order valence-electron chi connectivity index (χ0n) is 9.27. The average Bonchev–Trinajstić information content (AvgIpc) is 3.07. The van der Waals surface area contributed by atoms with Gasteiger partial charge in [0.1, 0.15) is 11.8 Å². The number of nitrogens with zero attached hydrogens (tertiary/aromatic N) is 1. The van der Waals surface area contributed by atoms with Gasteiger partial charge in [-0.3, -0.25) is 4.79 Å². The number of benzene rings is 1. The van der Waals surface area contributed by atoms with E-state index in [-0.39, 0.29) is 12.5 Å². The third-order valence-electron chi connectivity index (χ3n) is 2.64. The van der Waals surface area contributed by atoms with Crippen molar-refractivity contribution >= 4 is 11.6 Å². The monoisotopic (exact) mass is 231 g/mol. The summed E-state index contributed by atoms with van der Waals surface area (Å²) in [6.07, 6.45) is 1.45. The molecule has 0 unspecified atom stereocenters. The lowest BCUT2D eigenvalue weighted by Crippen LogP contribution is -2.37. The molecule has 88 valence electrons. The Morgan fingerprint density at radius 2 is 2.35 bits per heavy atom. The Kier molecular flexibility index (Phi) is 2.98. The van der Waals surface area contributed by atoms with E-state index in [4.69, 9.17) is 15.7 Å². The molecule has 1 aliphatic carbocycles. The number of carbonyl (C=O) groups is 1. The van der Waals surface area contributed by atoms with Gasteiger partial charge in [0.25, 0.3) is 0 Å². The van der Waals surface area contributed by atoms with Crippen molar-refractivity contribution in [3.63, 3.8) is 0 Å². The molecule has 0 aromatic heterocycles. The molecule has 0 saturated heterocycles. The number of anilines is 1. The molecule has 0 atom stereocenters. The van der Waals surface area contributed by atoms with E-state index in [9.17, 15) is 4.79 Å². The van der Waals surface area contributed by atoms with E-state index in [0.29, 0.717) is 11.4 Å². The zero-order chi connectivity index (χ0) is 12.3. The Hall–Kier alpha value is -2.06. The van der Waals surface area contributed by atoms with E-state index >= 15 is 0 Å². The van der Waals surface area contributed by atoms with Crippen molar-refractivity contribution in [2.45, 2.75) is 18.4 Å². The Labute approximate surface area is 99.2 Å². The molecule has 0 radical (unpaired) electrons. The van der Waals surface area contributed by atoms with E-state index in [0.717, 1.165) is 12.8 Å². The zero-order valence-corrected chi connectivity index (χ0v) is 9.27. The largest absolute Gasteiger partial charge is 0.479 e. The highest BCUT2D eigenvalue weighted by Crippen LogP contribution is 2.33. The van der Waals surface area contributed by atoms with Gasteiger partial charge in [-0.2, -0.15) is 5.26 Å². The van der Waals surface area contributed by atoms with Crippen molar-refractivity contribution in [3.8, 4) is 11.8 Å². The van der Waals surface area contributed by atoms with Crippen molar-refractivity contribution in [3.05, 3.63) is 24.3 Å². The van der Waals surface area contributed by atoms with Gasteiger partial charge in [-0.1, -0.05) is 6.07 Å². The van der Waals surface area contributed by atoms with Crippen LogP contribution in [0, 0.1) is 11.3 Å². The second kappa shape index (κ2) is 4.44. The Morgan fingerprint density at radius 3 is 3.00 bits per heavy atom. The lowest BCUT2D eigenvalue weighted by atomic mass is 10.2. The molecular weight excluding hydrogens is 218 g/mol. The van der Waals surface area contributed by atoms with Gasteiger partial charge in [-0.05, 0) is 25.0 Å². The molecule has 0 bridgehead atoms. The van der Waals surface area contributed by atoms with Crippen molar-refractivity contribution in [2.75, 3.05) is 11.9 Å². The number of nitrogens with one attached hydrogen (secondary N) is 1. The Balaban J connectivity index is 2.01.